The molecule has 0 aromatic heterocycles. The van der Waals surface area contributed by atoms with Gasteiger partial charge in [0.2, 0.25) is 18.0 Å². The quantitative estimate of drug-likeness (QED) is 0.544. The molecule has 3 rings (SSSR count). The highest BCUT2D eigenvalue weighted by atomic mass is 79.9. The van der Waals surface area contributed by atoms with Crippen LogP contribution in [0.4, 0.5) is 0 Å². The minimum Gasteiger partial charge on any atom is -0.493 e. The van der Waals surface area contributed by atoms with Crippen LogP contribution in [0.5, 0.6) is 11.5 Å². The van der Waals surface area contributed by atoms with Gasteiger partial charge >= 0.3 is 5.97 Å². The third kappa shape index (κ3) is 4.11. The number of halogens is 1. The Bertz CT molecular complexity index is 928. The average molecular weight is 433 g/mol. The van der Waals surface area contributed by atoms with E-state index in [-0.39, 0.29) is 11.7 Å². The van der Waals surface area contributed by atoms with Crippen LogP contribution in [0.2, 0.25) is 0 Å². The topological polar surface area (TPSA) is 77.4 Å². The Morgan fingerprint density at radius 3 is 2.56 bits per heavy atom. The molecular weight excluding hydrogens is 416 g/mol. The molecule has 0 radical (unpaired) electrons. The number of ether oxygens (including phenoxy) is 3. The molecule has 1 amide bonds. The summed E-state index contributed by atoms with van der Waals surface area (Å²) >= 11 is 3.41. The molecule has 0 saturated carbocycles. The van der Waals surface area contributed by atoms with Crippen LogP contribution < -0.4 is 9.47 Å². The number of carbonyl (C=O) groups excluding carboxylic acids is 2. The summed E-state index contributed by atoms with van der Waals surface area (Å²) in [4.78, 5) is 23.3. The van der Waals surface area contributed by atoms with Crippen molar-refractivity contribution in [1.82, 2.24) is 5.01 Å². The van der Waals surface area contributed by atoms with Crippen molar-refractivity contribution < 1.29 is 23.8 Å². The predicted molar refractivity (Wildman–Crippen MR) is 101 cm³/mol. The first-order valence-corrected chi connectivity index (χ1v) is 8.85. The number of methoxy groups -OCH3 is 1. The molecule has 7 nitrogen and oxygen atoms in total. The van der Waals surface area contributed by atoms with E-state index >= 15 is 0 Å². The Morgan fingerprint density at radius 2 is 1.93 bits per heavy atom. The van der Waals surface area contributed by atoms with Gasteiger partial charge in [-0.3, -0.25) is 9.59 Å². The number of rotatable bonds is 4. The van der Waals surface area contributed by atoms with E-state index in [0.29, 0.717) is 17.2 Å². The molecule has 27 heavy (non-hydrogen) atoms. The van der Waals surface area contributed by atoms with Crippen molar-refractivity contribution >= 4 is 33.7 Å². The lowest BCUT2D eigenvalue weighted by atomic mass is 10.1. The van der Waals surface area contributed by atoms with Gasteiger partial charge in [0, 0.05) is 29.4 Å². The third-order valence-electron chi connectivity index (χ3n) is 3.76. The maximum atomic E-state index is 12.1. The van der Waals surface area contributed by atoms with Gasteiger partial charge in [-0.05, 0) is 36.4 Å². The monoisotopic (exact) mass is 432 g/mol. The number of esters is 1. The lowest BCUT2D eigenvalue weighted by molar-refractivity contribution is -0.135. The van der Waals surface area contributed by atoms with Crippen molar-refractivity contribution in [3.05, 3.63) is 58.1 Å². The Kier molecular flexibility index (Phi) is 5.46. The summed E-state index contributed by atoms with van der Waals surface area (Å²) in [5, 5.41) is 5.57. The van der Waals surface area contributed by atoms with Gasteiger partial charge in [0.25, 0.3) is 0 Å². The molecule has 0 spiro atoms. The molecule has 140 valence electrons. The van der Waals surface area contributed by atoms with E-state index in [1.807, 2.05) is 24.3 Å². The number of amides is 1. The van der Waals surface area contributed by atoms with Crippen molar-refractivity contribution in [2.45, 2.75) is 20.1 Å². The lowest BCUT2D eigenvalue weighted by Crippen LogP contribution is -2.25. The first kappa shape index (κ1) is 18.9. The fourth-order valence-corrected chi connectivity index (χ4v) is 3.00. The van der Waals surface area contributed by atoms with Gasteiger partial charge in [-0.2, -0.15) is 5.01 Å². The van der Waals surface area contributed by atoms with Gasteiger partial charge in [-0.25, -0.2) is 0 Å². The molecule has 2 aromatic carbocycles. The highest BCUT2D eigenvalue weighted by Crippen LogP contribution is 2.36. The molecule has 2 aromatic rings. The summed E-state index contributed by atoms with van der Waals surface area (Å²) in [5.41, 5.74) is 1.37. The smallest absolute Gasteiger partial charge is 0.308 e. The summed E-state index contributed by atoms with van der Waals surface area (Å²) in [6.45, 7) is 2.72. The summed E-state index contributed by atoms with van der Waals surface area (Å²) in [7, 11) is 1.47. The Labute approximate surface area is 164 Å². The van der Waals surface area contributed by atoms with Gasteiger partial charge in [0.1, 0.15) is 0 Å². The van der Waals surface area contributed by atoms with Crippen molar-refractivity contribution in [3.63, 3.8) is 0 Å². The molecule has 0 bridgehead atoms. The third-order valence-corrected chi connectivity index (χ3v) is 4.26. The first-order valence-electron chi connectivity index (χ1n) is 8.06. The van der Waals surface area contributed by atoms with Crippen LogP contribution in [0.25, 0.3) is 0 Å². The lowest BCUT2D eigenvalue weighted by Gasteiger charge is -2.20. The van der Waals surface area contributed by atoms with Crippen molar-refractivity contribution in [3.8, 4) is 11.5 Å². The first-order chi connectivity index (χ1) is 12.9. The summed E-state index contributed by atoms with van der Waals surface area (Å²) in [6, 6.07) is 12.4. The molecule has 1 heterocycles. The molecule has 0 N–H and O–H groups in total. The van der Waals surface area contributed by atoms with Crippen LogP contribution >= 0.6 is 15.9 Å². The van der Waals surface area contributed by atoms with E-state index in [2.05, 4.69) is 21.0 Å². The second kappa shape index (κ2) is 7.79. The number of hydrogen-bond acceptors (Lipinski definition) is 6. The highest BCUT2D eigenvalue weighted by Gasteiger charge is 2.33. The zero-order valence-corrected chi connectivity index (χ0v) is 16.5. The summed E-state index contributed by atoms with van der Waals surface area (Å²) in [5.74, 6) is 0.247. The number of hydrazone groups is 1. The van der Waals surface area contributed by atoms with Gasteiger partial charge in [-0.15, -0.1) is 5.10 Å². The number of hydrogen-bond donors (Lipinski definition) is 0. The average Bonchev–Trinajstić information content (AvgIpc) is 3.07. The Morgan fingerprint density at radius 1 is 1.15 bits per heavy atom. The molecule has 0 saturated heterocycles. The van der Waals surface area contributed by atoms with Crippen LogP contribution in [-0.4, -0.2) is 29.9 Å². The SMILES string of the molecule is COc1cc([C@@H]2OC(c3cccc(Br)c3)=NN2C(C)=O)ccc1OC(C)=O. The second-order valence-corrected chi connectivity index (χ2v) is 6.67. The predicted octanol–water partition coefficient (Wildman–Crippen LogP) is 3.62. The maximum Gasteiger partial charge on any atom is 0.308 e. The zero-order chi connectivity index (χ0) is 19.6. The standard InChI is InChI=1S/C19H17BrN2O5/c1-11(23)22-19(27-18(21-22)13-5-4-6-15(20)9-13)14-7-8-16(26-12(2)24)17(10-14)25-3/h4-10,19H,1-3H3/t19-/m0/s1. The van der Waals surface area contributed by atoms with Gasteiger partial charge in [0.05, 0.1) is 7.11 Å². The zero-order valence-electron chi connectivity index (χ0n) is 14.9. The molecule has 1 aliphatic rings. The van der Waals surface area contributed by atoms with Crippen LogP contribution in [0.3, 0.4) is 0 Å². The van der Waals surface area contributed by atoms with Crippen LogP contribution in [-0.2, 0) is 14.3 Å². The fourth-order valence-electron chi connectivity index (χ4n) is 2.60. The summed E-state index contributed by atoms with van der Waals surface area (Å²) in [6.07, 6.45) is -0.753. The van der Waals surface area contributed by atoms with E-state index in [0.717, 1.165) is 10.0 Å². The summed E-state index contributed by atoms with van der Waals surface area (Å²) < 4.78 is 17.2. The van der Waals surface area contributed by atoms with Crippen molar-refractivity contribution in [2.24, 2.45) is 5.10 Å². The van der Waals surface area contributed by atoms with E-state index in [1.54, 1.807) is 18.2 Å². The largest absolute Gasteiger partial charge is 0.493 e. The van der Waals surface area contributed by atoms with E-state index in [4.69, 9.17) is 14.2 Å². The molecule has 8 heteroatoms. The van der Waals surface area contributed by atoms with E-state index in [9.17, 15) is 9.59 Å². The van der Waals surface area contributed by atoms with Gasteiger partial charge in [-0.1, -0.05) is 22.0 Å². The Hall–Kier alpha value is -2.87. The van der Waals surface area contributed by atoms with E-state index in [1.165, 1.54) is 26.0 Å². The number of carbonyl (C=O) groups is 2. The molecular formula is C19H17BrN2O5. The van der Waals surface area contributed by atoms with Crippen molar-refractivity contribution in [1.29, 1.82) is 0 Å². The molecule has 1 aliphatic heterocycles. The molecule has 0 aliphatic carbocycles. The van der Waals surface area contributed by atoms with Gasteiger partial charge in [0.15, 0.2) is 11.5 Å². The maximum absolute atomic E-state index is 12.1. The molecule has 0 fully saturated rings. The molecule has 0 unspecified atom stereocenters. The van der Waals surface area contributed by atoms with Crippen LogP contribution in [0.15, 0.2) is 52.0 Å². The molecule has 1 atom stereocenters. The fraction of sp³-hybridized carbons (Fsp3) is 0.211. The minimum absolute atomic E-state index is 0.270. The van der Waals surface area contributed by atoms with Gasteiger partial charge < -0.3 is 14.2 Å². The highest BCUT2D eigenvalue weighted by molar-refractivity contribution is 9.10. The second-order valence-electron chi connectivity index (χ2n) is 5.75. The van der Waals surface area contributed by atoms with Crippen molar-refractivity contribution in [2.75, 3.05) is 7.11 Å². The van der Waals surface area contributed by atoms with Crippen LogP contribution in [0, 0.1) is 0 Å². The normalized spacial score (nSPS) is 15.8. The number of nitrogens with zero attached hydrogens (tertiary/aromatic N) is 2. The van der Waals surface area contributed by atoms with Crippen LogP contribution in [0.1, 0.15) is 31.2 Å². The Balaban J connectivity index is 1.94. The van der Waals surface area contributed by atoms with E-state index < -0.39 is 12.2 Å². The minimum atomic E-state index is -0.753. The number of benzene rings is 2.